The van der Waals surface area contributed by atoms with Crippen molar-refractivity contribution in [3.63, 3.8) is 0 Å². The van der Waals surface area contributed by atoms with Crippen LogP contribution >= 0.6 is 0 Å². The molecule has 1 aliphatic rings. The standard InChI is InChI=1S/C28H29NO5/c1-18-17-28(2,3)29(26(30)20-10-6-8-12-24(20)32-4)23-15-14-19(16-22(18)23)34-27(31)21-11-7-9-13-25(21)33-5/h6-16,18H,17H2,1-5H3/t18-/m1/s1. The second kappa shape index (κ2) is 9.21. The van der Waals surface area contributed by atoms with E-state index in [1.807, 2.05) is 29.2 Å². The van der Waals surface area contributed by atoms with Gasteiger partial charge in [-0.2, -0.15) is 0 Å². The van der Waals surface area contributed by atoms with Crippen molar-refractivity contribution in [1.29, 1.82) is 0 Å². The van der Waals surface area contributed by atoms with Crippen LogP contribution in [0.25, 0.3) is 0 Å². The van der Waals surface area contributed by atoms with E-state index in [0.717, 1.165) is 17.7 Å². The molecule has 4 rings (SSSR count). The van der Waals surface area contributed by atoms with Crippen molar-refractivity contribution < 1.29 is 23.8 Å². The number of ether oxygens (including phenoxy) is 3. The van der Waals surface area contributed by atoms with Gasteiger partial charge < -0.3 is 19.1 Å². The van der Waals surface area contributed by atoms with E-state index in [9.17, 15) is 9.59 Å². The zero-order valence-corrected chi connectivity index (χ0v) is 20.1. The first-order valence-corrected chi connectivity index (χ1v) is 11.2. The lowest BCUT2D eigenvalue weighted by Gasteiger charge is -2.46. The molecule has 3 aromatic carbocycles. The molecule has 1 atom stereocenters. The van der Waals surface area contributed by atoms with Gasteiger partial charge in [-0.1, -0.05) is 31.2 Å². The van der Waals surface area contributed by atoms with Crippen molar-refractivity contribution in [3.8, 4) is 17.2 Å². The molecule has 3 aromatic rings. The number of rotatable bonds is 5. The fourth-order valence-corrected chi connectivity index (χ4v) is 4.77. The summed E-state index contributed by atoms with van der Waals surface area (Å²) in [6.45, 7) is 6.25. The molecule has 1 amide bonds. The van der Waals surface area contributed by atoms with Crippen molar-refractivity contribution in [2.45, 2.75) is 38.6 Å². The van der Waals surface area contributed by atoms with Gasteiger partial charge in [-0.05, 0) is 74.2 Å². The Morgan fingerprint density at radius 2 is 1.47 bits per heavy atom. The third kappa shape index (κ3) is 4.23. The summed E-state index contributed by atoms with van der Waals surface area (Å²) < 4.78 is 16.4. The fraction of sp³-hybridized carbons (Fsp3) is 0.286. The number of carbonyl (C=O) groups is 2. The molecule has 0 N–H and O–H groups in total. The van der Waals surface area contributed by atoms with E-state index >= 15 is 0 Å². The second-order valence-electron chi connectivity index (χ2n) is 9.07. The fourth-order valence-electron chi connectivity index (χ4n) is 4.77. The molecule has 0 spiro atoms. The predicted molar refractivity (Wildman–Crippen MR) is 131 cm³/mol. The van der Waals surface area contributed by atoms with Crippen molar-refractivity contribution >= 4 is 17.6 Å². The summed E-state index contributed by atoms with van der Waals surface area (Å²) >= 11 is 0. The molecule has 0 saturated heterocycles. The summed E-state index contributed by atoms with van der Waals surface area (Å²) in [7, 11) is 3.08. The van der Waals surface area contributed by atoms with E-state index < -0.39 is 11.5 Å². The summed E-state index contributed by atoms with van der Waals surface area (Å²) in [6, 6.07) is 19.6. The first-order chi connectivity index (χ1) is 16.3. The third-order valence-corrected chi connectivity index (χ3v) is 6.26. The number of amides is 1. The van der Waals surface area contributed by atoms with Gasteiger partial charge in [-0.25, -0.2) is 4.79 Å². The molecule has 6 nitrogen and oxygen atoms in total. The van der Waals surface area contributed by atoms with Crippen LogP contribution in [-0.4, -0.2) is 31.6 Å². The molecule has 0 bridgehead atoms. The number of carbonyl (C=O) groups excluding carboxylic acids is 2. The molecule has 0 radical (unpaired) electrons. The second-order valence-corrected chi connectivity index (χ2v) is 9.07. The lowest BCUT2D eigenvalue weighted by atomic mass is 9.79. The molecular weight excluding hydrogens is 430 g/mol. The SMILES string of the molecule is COc1ccccc1C(=O)Oc1ccc2c(c1)[C@H](C)CC(C)(C)N2C(=O)c1ccccc1OC. The van der Waals surface area contributed by atoms with Gasteiger partial charge in [0.1, 0.15) is 22.8 Å². The van der Waals surface area contributed by atoms with Crippen molar-refractivity contribution in [2.75, 3.05) is 19.1 Å². The van der Waals surface area contributed by atoms with Gasteiger partial charge in [0.2, 0.25) is 0 Å². The minimum absolute atomic E-state index is 0.130. The minimum Gasteiger partial charge on any atom is -0.496 e. The Balaban J connectivity index is 1.70. The minimum atomic E-state index is -0.497. The van der Waals surface area contributed by atoms with Crippen LogP contribution in [0, 0.1) is 0 Å². The lowest BCUT2D eigenvalue weighted by Crippen LogP contribution is -2.51. The summed E-state index contributed by atoms with van der Waals surface area (Å²) in [6.07, 6.45) is 0.755. The Morgan fingerprint density at radius 1 is 0.882 bits per heavy atom. The number of esters is 1. The summed E-state index contributed by atoms with van der Waals surface area (Å²) in [5, 5.41) is 0. The number of benzene rings is 3. The van der Waals surface area contributed by atoms with Crippen LogP contribution in [0.4, 0.5) is 5.69 Å². The van der Waals surface area contributed by atoms with E-state index in [1.54, 1.807) is 49.6 Å². The maximum atomic E-state index is 13.7. The first-order valence-electron chi connectivity index (χ1n) is 11.2. The highest BCUT2D eigenvalue weighted by Crippen LogP contribution is 2.45. The molecule has 6 heteroatoms. The predicted octanol–water partition coefficient (Wildman–Crippen LogP) is 5.86. The lowest BCUT2D eigenvalue weighted by molar-refractivity contribution is 0.0730. The van der Waals surface area contributed by atoms with E-state index in [-0.39, 0.29) is 11.8 Å². The smallest absolute Gasteiger partial charge is 0.347 e. The summed E-state index contributed by atoms with van der Waals surface area (Å²) in [5.41, 5.74) is 2.19. The molecule has 0 saturated carbocycles. The van der Waals surface area contributed by atoms with Crippen molar-refractivity contribution in [2.24, 2.45) is 0 Å². The Labute approximate surface area is 200 Å². The first kappa shape index (κ1) is 23.4. The Kier molecular flexibility index (Phi) is 6.33. The largest absolute Gasteiger partial charge is 0.496 e. The van der Waals surface area contributed by atoms with E-state index in [0.29, 0.717) is 28.4 Å². The number of hydrogen-bond acceptors (Lipinski definition) is 5. The molecular formula is C28H29NO5. The van der Waals surface area contributed by atoms with E-state index in [1.165, 1.54) is 7.11 Å². The van der Waals surface area contributed by atoms with Crippen LogP contribution in [0.3, 0.4) is 0 Å². The van der Waals surface area contributed by atoms with Crippen molar-refractivity contribution in [1.82, 2.24) is 0 Å². The van der Waals surface area contributed by atoms with Gasteiger partial charge in [-0.15, -0.1) is 0 Å². The maximum absolute atomic E-state index is 13.7. The molecule has 176 valence electrons. The van der Waals surface area contributed by atoms with Gasteiger partial charge in [0.25, 0.3) is 5.91 Å². The highest BCUT2D eigenvalue weighted by molar-refractivity contribution is 6.09. The quantitative estimate of drug-likeness (QED) is 0.353. The number of nitrogens with zero attached hydrogens (tertiary/aromatic N) is 1. The van der Waals surface area contributed by atoms with Crippen LogP contribution in [0.15, 0.2) is 66.7 Å². The molecule has 1 heterocycles. The number of anilines is 1. The van der Waals surface area contributed by atoms with Crippen LogP contribution in [0.5, 0.6) is 17.2 Å². The molecule has 0 fully saturated rings. The van der Waals surface area contributed by atoms with E-state index in [4.69, 9.17) is 14.2 Å². The summed E-state index contributed by atoms with van der Waals surface area (Å²) in [5.74, 6) is 0.944. The van der Waals surface area contributed by atoms with Gasteiger partial charge in [0, 0.05) is 11.2 Å². The molecule has 0 aromatic heterocycles. The summed E-state index contributed by atoms with van der Waals surface area (Å²) in [4.78, 5) is 28.3. The highest BCUT2D eigenvalue weighted by atomic mass is 16.5. The van der Waals surface area contributed by atoms with Gasteiger partial charge in [0.15, 0.2) is 0 Å². The molecule has 0 unspecified atom stereocenters. The highest BCUT2D eigenvalue weighted by Gasteiger charge is 2.41. The monoisotopic (exact) mass is 459 g/mol. The number of fused-ring (bicyclic) bond motifs is 1. The normalized spacial score (nSPS) is 16.4. The number of methoxy groups -OCH3 is 2. The van der Waals surface area contributed by atoms with E-state index in [2.05, 4.69) is 20.8 Å². The zero-order valence-electron chi connectivity index (χ0n) is 20.1. The van der Waals surface area contributed by atoms with Crippen molar-refractivity contribution in [3.05, 3.63) is 83.4 Å². The Morgan fingerprint density at radius 3 is 2.12 bits per heavy atom. The topological polar surface area (TPSA) is 65.1 Å². The van der Waals surface area contributed by atoms with Gasteiger partial charge >= 0.3 is 5.97 Å². The average Bonchev–Trinajstić information content (AvgIpc) is 2.83. The Bertz CT molecular complexity index is 1230. The van der Waals surface area contributed by atoms with Crippen LogP contribution < -0.4 is 19.1 Å². The molecule has 0 aliphatic carbocycles. The number of para-hydroxylation sites is 2. The maximum Gasteiger partial charge on any atom is 0.347 e. The third-order valence-electron chi connectivity index (χ3n) is 6.26. The number of hydrogen-bond donors (Lipinski definition) is 0. The van der Waals surface area contributed by atoms with Gasteiger partial charge in [0.05, 0.1) is 19.8 Å². The van der Waals surface area contributed by atoms with Crippen LogP contribution in [-0.2, 0) is 0 Å². The average molecular weight is 460 g/mol. The van der Waals surface area contributed by atoms with Crippen LogP contribution in [0.1, 0.15) is 59.4 Å². The van der Waals surface area contributed by atoms with Gasteiger partial charge in [-0.3, -0.25) is 4.79 Å². The molecule has 1 aliphatic heterocycles. The molecule has 34 heavy (non-hydrogen) atoms. The zero-order chi connectivity index (χ0) is 24.5. The Hall–Kier alpha value is -3.80. The van der Waals surface area contributed by atoms with Crippen LogP contribution in [0.2, 0.25) is 0 Å².